The molecule has 1 aliphatic heterocycles. The number of aromatic nitrogens is 2. The standard InChI is InChI=1S/C25H30N4O2S/c1-2-3-18-31-22-12-10-21(11-13-22)24(30)28-14-7-15-29(17-16-28)25-26-23(27-32-25)19-20-8-5-4-6-9-20/h4-6,8-13H,2-3,7,14-19H2,1H3. The summed E-state index contributed by atoms with van der Waals surface area (Å²) in [5.41, 5.74) is 1.92. The lowest BCUT2D eigenvalue weighted by molar-refractivity contribution is 0.0767. The van der Waals surface area contributed by atoms with Crippen LogP contribution in [0.3, 0.4) is 0 Å². The first-order chi connectivity index (χ1) is 15.7. The fraction of sp³-hybridized carbons (Fsp3) is 0.400. The van der Waals surface area contributed by atoms with Crippen molar-refractivity contribution in [3.63, 3.8) is 0 Å². The van der Waals surface area contributed by atoms with E-state index in [4.69, 9.17) is 9.72 Å². The smallest absolute Gasteiger partial charge is 0.253 e. The highest BCUT2D eigenvalue weighted by atomic mass is 32.1. The van der Waals surface area contributed by atoms with E-state index >= 15 is 0 Å². The van der Waals surface area contributed by atoms with Crippen molar-refractivity contribution < 1.29 is 9.53 Å². The minimum atomic E-state index is 0.0778. The first-order valence-electron chi connectivity index (χ1n) is 11.4. The number of rotatable bonds is 8. The molecule has 1 fully saturated rings. The van der Waals surface area contributed by atoms with Gasteiger partial charge in [0.25, 0.3) is 5.91 Å². The topological polar surface area (TPSA) is 58.6 Å². The number of hydrogen-bond donors (Lipinski definition) is 0. The second kappa shape index (κ2) is 11.1. The number of nitrogens with zero attached hydrogens (tertiary/aromatic N) is 4. The Labute approximate surface area is 194 Å². The molecular formula is C25H30N4O2S. The van der Waals surface area contributed by atoms with Crippen LogP contribution < -0.4 is 9.64 Å². The Bertz CT molecular complexity index is 991. The van der Waals surface area contributed by atoms with E-state index in [0.717, 1.165) is 62.0 Å². The quantitative estimate of drug-likeness (QED) is 0.467. The summed E-state index contributed by atoms with van der Waals surface area (Å²) < 4.78 is 10.3. The number of carbonyl (C=O) groups excluding carboxylic acids is 1. The van der Waals surface area contributed by atoms with Gasteiger partial charge in [-0.15, -0.1) is 0 Å². The molecular weight excluding hydrogens is 420 g/mol. The Hall–Kier alpha value is -2.93. The van der Waals surface area contributed by atoms with Crippen LogP contribution in [0.1, 0.15) is 47.9 Å². The third kappa shape index (κ3) is 5.85. The fourth-order valence-corrected chi connectivity index (χ4v) is 4.48. The zero-order valence-corrected chi connectivity index (χ0v) is 19.4. The third-order valence-corrected chi connectivity index (χ3v) is 6.40. The summed E-state index contributed by atoms with van der Waals surface area (Å²) >= 11 is 1.45. The highest BCUT2D eigenvalue weighted by molar-refractivity contribution is 7.09. The Morgan fingerprint density at radius 2 is 1.84 bits per heavy atom. The highest BCUT2D eigenvalue weighted by Gasteiger charge is 2.22. The summed E-state index contributed by atoms with van der Waals surface area (Å²) in [5, 5.41) is 0.943. The molecule has 7 heteroatoms. The molecule has 2 aromatic carbocycles. The van der Waals surface area contributed by atoms with Gasteiger partial charge >= 0.3 is 0 Å². The van der Waals surface area contributed by atoms with Crippen molar-refractivity contribution in [1.82, 2.24) is 14.3 Å². The number of benzene rings is 2. The number of ether oxygens (including phenoxy) is 1. The summed E-state index contributed by atoms with van der Waals surface area (Å²) in [6.45, 7) is 5.94. The summed E-state index contributed by atoms with van der Waals surface area (Å²) in [6, 6.07) is 17.8. The van der Waals surface area contributed by atoms with Crippen molar-refractivity contribution in [2.75, 3.05) is 37.7 Å². The van der Waals surface area contributed by atoms with Crippen molar-refractivity contribution in [1.29, 1.82) is 0 Å². The van der Waals surface area contributed by atoms with Gasteiger partial charge in [0.2, 0.25) is 5.13 Å². The molecule has 32 heavy (non-hydrogen) atoms. The van der Waals surface area contributed by atoms with Gasteiger partial charge in [-0.2, -0.15) is 4.37 Å². The van der Waals surface area contributed by atoms with Crippen molar-refractivity contribution in [2.24, 2.45) is 0 Å². The summed E-state index contributed by atoms with van der Waals surface area (Å²) in [5.74, 6) is 1.75. The maximum Gasteiger partial charge on any atom is 0.253 e. The van der Waals surface area contributed by atoms with Crippen LogP contribution in [0.4, 0.5) is 5.13 Å². The summed E-state index contributed by atoms with van der Waals surface area (Å²) in [4.78, 5) is 22.0. The summed E-state index contributed by atoms with van der Waals surface area (Å²) in [7, 11) is 0. The van der Waals surface area contributed by atoms with Gasteiger partial charge in [0.05, 0.1) is 6.61 Å². The van der Waals surface area contributed by atoms with Crippen molar-refractivity contribution in [3.8, 4) is 5.75 Å². The molecule has 4 rings (SSSR count). The van der Waals surface area contributed by atoms with Gasteiger partial charge in [0, 0.05) is 49.7 Å². The van der Waals surface area contributed by atoms with E-state index in [0.29, 0.717) is 18.7 Å². The van der Waals surface area contributed by atoms with E-state index < -0.39 is 0 Å². The van der Waals surface area contributed by atoms with Gasteiger partial charge in [-0.3, -0.25) is 4.79 Å². The lowest BCUT2D eigenvalue weighted by Gasteiger charge is -2.21. The van der Waals surface area contributed by atoms with E-state index in [9.17, 15) is 4.79 Å². The lowest BCUT2D eigenvalue weighted by Crippen LogP contribution is -2.35. The monoisotopic (exact) mass is 450 g/mol. The number of hydrogen-bond acceptors (Lipinski definition) is 6. The highest BCUT2D eigenvalue weighted by Crippen LogP contribution is 2.21. The number of carbonyl (C=O) groups is 1. The van der Waals surface area contributed by atoms with Crippen LogP contribution in [-0.4, -0.2) is 53.0 Å². The molecule has 0 saturated carbocycles. The molecule has 6 nitrogen and oxygen atoms in total. The molecule has 0 aliphatic carbocycles. The minimum absolute atomic E-state index is 0.0778. The molecule has 3 aromatic rings. The van der Waals surface area contributed by atoms with Crippen molar-refractivity contribution in [2.45, 2.75) is 32.6 Å². The van der Waals surface area contributed by atoms with E-state index in [1.54, 1.807) is 0 Å². The predicted molar refractivity (Wildman–Crippen MR) is 129 cm³/mol. The van der Waals surface area contributed by atoms with Gasteiger partial charge in [0.15, 0.2) is 0 Å². The molecule has 0 atom stereocenters. The van der Waals surface area contributed by atoms with Gasteiger partial charge in [-0.25, -0.2) is 4.98 Å². The predicted octanol–water partition coefficient (Wildman–Crippen LogP) is 4.66. The second-order valence-corrected chi connectivity index (χ2v) is 8.75. The summed E-state index contributed by atoms with van der Waals surface area (Å²) in [6.07, 6.45) is 3.80. The van der Waals surface area contributed by atoms with Crippen LogP contribution in [0.15, 0.2) is 54.6 Å². The van der Waals surface area contributed by atoms with E-state index in [1.807, 2.05) is 47.4 Å². The zero-order chi connectivity index (χ0) is 22.2. The first kappa shape index (κ1) is 22.3. The lowest BCUT2D eigenvalue weighted by atomic mass is 10.1. The van der Waals surface area contributed by atoms with Crippen LogP contribution in [0.25, 0.3) is 0 Å². The largest absolute Gasteiger partial charge is 0.494 e. The van der Waals surface area contributed by atoms with Crippen LogP contribution in [-0.2, 0) is 6.42 Å². The fourth-order valence-electron chi connectivity index (χ4n) is 3.75. The molecule has 0 radical (unpaired) electrons. The molecule has 1 aliphatic rings. The van der Waals surface area contributed by atoms with Gasteiger partial charge in [-0.1, -0.05) is 43.7 Å². The molecule has 1 aromatic heterocycles. The third-order valence-electron chi connectivity index (χ3n) is 5.58. The van der Waals surface area contributed by atoms with Crippen LogP contribution in [0, 0.1) is 0 Å². The Balaban J connectivity index is 1.32. The minimum Gasteiger partial charge on any atom is -0.494 e. The normalized spacial score (nSPS) is 14.3. The number of anilines is 1. The molecule has 1 amide bonds. The van der Waals surface area contributed by atoms with E-state index in [-0.39, 0.29) is 5.91 Å². The van der Waals surface area contributed by atoms with E-state index in [2.05, 4.69) is 28.3 Å². The van der Waals surface area contributed by atoms with Crippen LogP contribution in [0.2, 0.25) is 0 Å². The van der Waals surface area contributed by atoms with Crippen molar-refractivity contribution in [3.05, 3.63) is 71.5 Å². The van der Waals surface area contributed by atoms with Gasteiger partial charge in [0.1, 0.15) is 11.6 Å². The average Bonchev–Trinajstić information content (AvgIpc) is 3.14. The molecule has 1 saturated heterocycles. The Morgan fingerprint density at radius 1 is 1.03 bits per heavy atom. The number of amides is 1. The average molecular weight is 451 g/mol. The SMILES string of the molecule is CCCCOc1ccc(C(=O)N2CCCN(c3nc(Cc4ccccc4)ns3)CC2)cc1. The maximum atomic E-state index is 13.0. The molecule has 0 bridgehead atoms. The van der Waals surface area contributed by atoms with Gasteiger partial charge < -0.3 is 14.5 Å². The maximum absolute atomic E-state index is 13.0. The van der Waals surface area contributed by atoms with E-state index in [1.165, 1.54) is 17.1 Å². The molecule has 0 spiro atoms. The van der Waals surface area contributed by atoms with Crippen molar-refractivity contribution >= 4 is 22.6 Å². The first-order valence-corrected chi connectivity index (χ1v) is 12.1. The zero-order valence-electron chi connectivity index (χ0n) is 18.6. The molecule has 168 valence electrons. The van der Waals surface area contributed by atoms with Crippen LogP contribution in [0.5, 0.6) is 5.75 Å². The number of unbranched alkanes of at least 4 members (excludes halogenated alkanes) is 1. The molecule has 0 unspecified atom stereocenters. The molecule has 0 N–H and O–H groups in total. The Kier molecular flexibility index (Phi) is 7.72. The second-order valence-electron chi connectivity index (χ2n) is 8.01. The Morgan fingerprint density at radius 3 is 2.62 bits per heavy atom. The van der Waals surface area contributed by atoms with Gasteiger partial charge in [-0.05, 0) is 42.7 Å². The molecule has 2 heterocycles. The van der Waals surface area contributed by atoms with Crippen LogP contribution >= 0.6 is 11.5 Å².